The summed E-state index contributed by atoms with van der Waals surface area (Å²) in [6.45, 7) is -0.163. The maximum Gasteiger partial charge on any atom is 0.178 e. The fraction of sp³-hybridized carbons (Fsp3) is 0.333. The van der Waals surface area contributed by atoms with Gasteiger partial charge in [-0.05, 0) is 6.07 Å². The zero-order valence-corrected chi connectivity index (χ0v) is 8.96. The summed E-state index contributed by atoms with van der Waals surface area (Å²) < 4.78 is 35.9. The molecule has 0 amide bonds. The number of benzene rings is 1. The van der Waals surface area contributed by atoms with E-state index in [1.807, 2.05) is 0 Å². The van der Waals surface area contributed by atoms with Gasteiger partial charge in [0.15, 0.2) is 9.84 Å². The maximum absolute atomic E-state index is 13.6. The molecule has 0 aromatic heterocycles. The van der Waals surface area contributed by atoms with Gasteiger partial charge >= 0.3 is 0 Å². The van der Waals surface area contributed by atoms with E-state index in [1.165, 1.54) is 12.1 Å². The molecule has 15 heavy (non-hydrogen) atoms. The number of nitrogens with two attached hydrogens (primary N) is 1. The van der Waals surface area contributed by atoms with Crippen LogP contribution in [0.1, 0.15) is 11.7 Å². The highest BCUT2D eigenvalue weighted by molar-refractivity contribution is 7.90. The topological polar surface area (TPSA) is 80.4 Å². The van der Waals surface area contributed by atoms with E-state index in [2.05, 4.69) is 0 Å². The largest absolute Gasteiger partial charge is 0.387 e. The van der Waals surface area contributed by atoms with Gasteiger partial charge in [0.1, 0.15) is 10.7 Å². The second-order valence-electron chi connectivity index (χ2n) is 3.18. The Labute approximate surface area is 87.5 Å². The maximum atomic E-state index is 13.6. The molecule has 1 aromatic carbocycles. The Morgan fingerprint density at radius 2 is 2.13 bits per heavy atom. The fourth-order valence-electron chi connectivity index (χ4n) is 1.20. The van der Waals surface area contributed by atoms with Gasteiger partial charge in [-0.25, -0.2) is 12.8 Å². The first-order valence-electron chi connectivity index (χ1n) is 4.24. The number of hydrogen-bond acceptors (Lipinski definition) is 4. The zero-order valence-electron chi connectivity index (χ0n) is 8.14. The standard InChI is InChI=1S/C9H12FNO3S/c1-15(13,14)8-4-2-3-6(9(8)10)7(12)5-11/h2-4,7,12H,5,11H2,1H3. The first-order valence-corrected chi connectivity index (χ1v) is 6.13. The third-order valence-corrected chi connectivity index (χ3v) is 3.09. The molecule has 84 valence electrons. The first-order chi connectivity index (χ1) is 6.88. The normalized spacial score (nSPS) is 13.9. The lowest BCUT2D eigenvalue weighted by Crippen LogP contribution is -2.14. The minimum Gasteiger partial charge on any atom is -0.387 e. The van der Waals surface area contributed by atoms with Crippen LogP contribution in [0.4, 0.5) is 4.39 Å². The number of rotatable bonds is 3. The lowest BCUT2D eigenvalue weighted by atomic mass is 10.1. The van der Waals surface area contributed by atoms with Crippen molar-refractivity contribution in [1.29, 1.82) is 0 Å². The molecule has 1 aromatic rings. The molecule has 0 radical (unpaired) electrons. The van der Waals surface area contributed by atoms with E-state index in [1.54, 1.807) is 0 Å². The van der Waals surface area contributed by atoms with Gasteiger partial charge in [0, 0.05) is 18.4 Å². The van der Waals surface area contributed by atoms with Crippen molar-refractivity contribution < 1.29 is 17.9 Å². The van der Waals surface area contributed by atoms with Crippen LogP contribution in [0.15, 0.2) is 23.1 Å². The van der Waals surface area contributed by atoms with Crippen LogP contribution in [-0.2, 0) is 9.84 Å². The van der Waals surface area contributed by atoms with Gasteiger partial charge in [-0.1, -0.05) is 12.1 Å². The molecule has 1 rings (SSSR count). The van der Waals surface area contributed by atoms with Crippen molar-refractivity contribution in [3.8, 4) is 0 Å². The molecule has 0 aliphatic rings. The Balaban J connectivity index is 3.36. The van der Waals surface area contributed by atoms with Crippen LogP contribution in [0.25, 0.3) is 0 Å². The van der Waals surface area contributed by atoms with Gasteiger partial charge in [-0.15, -0.1) is 0 Å². The molecule has 1 atom stereocenters. The molecular formula is C9H12FNO3S. The van der Waals surface area contributed by atoms with E-state index in [9.17, 15) is 17.9 Å². The molecule has 4 nitrogen and oxygen atoms in total. The van der Waals surface area contributed by atoms with Gasteiger partial charge in [-0.3, -0.25) is 0 Å². The van der Waals surface area contributed by atoms with Crippen molar-refractivity contribution in [2.45, 2.75) is 11.0 Å². The quantitative estimate of drug-likeness (QED) is 0.782. The second-order valence-corrected chi connectivity index (χ2v) is 5.17. The van der Waals surface area contributed by atoms with Gasteiger partial charge in [0.25, 0.3) is 0 Å². The zero-order chi connectivity index (χ0) is 11.6. The molecule has 0 aliphatic carbocycles. The summed E-state index contributed by atoms with van der Waals surface area (Å²) >= 11 is 0. The lowest BCUT2D eigenvalue weighted by Gasteiger charge is -2.11. The summed E-state index contributed by atoms with van der Waals surface area (Å²) in [5.41, 5.74) is 5.07. The number of aliphatic hydroxyl groups excluding tert-OH is 1. The molecule has 0 spiro atoms. The Bertz CT molecular complexity index is 458. The Morgan fingerprint density at radius 3 is 2.60 bits per heavy atom. The number of sulfone groups is 1. The van der Waals surface area contributed by atoms with Crippen LogP contribution in [0.5, 0.6) is 0 Å². The van der Waals surface area contributed by atoms with E-state index in [-0.39, 0.29) is 12.1 Å². The lowest BCUT2D eigenvalue weighted by molar-refractivity contribution is 0.181. The van der Waals surface area contributed by atoms with Crippen LogP contribution in [-0.4, -0.2) is 26.3 Å². The SMILES string of the molecule is CS(=O)(=O)c1cccc(C(O)CN)c1F. The van der Waals surface area contributed by atoms with Crippen LogP contribution >= 0.6 is 0 Å². The van der Waals surface area contributed by atoms with Crippen molar-refractivity contribution >= 4 is 9.84 Å². The highest BCUT2D eigenvalue weighted by Gasteiger charge is 2.19. The van der Waals surface area contributed by atoms with Gasteiger partial charge in [0.05, 0.1) is 6.10 Å². The summed E-state index contributed by atoms with van der Waals surface area (Å²) in [5.74, 6) is -0.932. The van der Waals surface area contributed by atoms with Crippen LogP contribution in [0.3, 0.4) is 0 Å². The number of hydrogen-bond donors (Lipinski definition) is 2. The van der Waals surface area contributed by atoms with E-state index < -0.39 is 26.7 Å². The minimum atomic E-state index is -3.62. The third-order valence-electron chi connectivity index (χ3n) is 1.97. The van der Waals surface area contributed by atoms with E-state index in [4.69, 9.17) is 5.73 Å². The van der Waals surface area contributed by atoms with E-state index in [0.717, 1.165) is 12.3 Å². The predicted molar refractivity (Wildman–Crippen MR) is 53.5 cm³/mol. The summed E-state index contributed by atoms with van der Waals surface area (Å²) in [5, 5.41) is 9.34. The molecule has 0 saturated heterocycles. The Hall–Kier alpha value is -0.980. The predicted octanol–water partition coefficient (Wildman–Crippen LogP) is 0.221. The van der Waals surface area contributed by atoms with Crippen LogP contribution < -0.4 is 5.73 Å². The van der Waals surface area contributed by atoms with Gasteiger partial charge < -0.3 is 10.8 Å². The summed E-state index contributed by atoms with van der Waals surface area (Å²) in [6, 6.07) is 3.83. The second kappa shape index (κ2) is 4.26. The molecule has 6 heteroatoms. The highest BCUT2D eigenvalue weighted by Crippen LogP contribution is 2.22. The molecule has 0 aliphatic heterocycles. The van der Waals surface area contributed by atoms with Gasteiger partial charge in [-0.2, -0.15) is 0 Å². The first kappa shape index (κ1) is 12.1. The van der Waals surface area contributed by atoms with Crippen molar-refractivity contribution in [2.24, 2.45) is 5.73 Å². The van der Waals surface area contributed by atoms with Crippen molar-refractivity contribution in [1.82, 2.24) is 0 Å². The molecule has 0 fully saturated rings. The van der Waals surface area contributed by atoms with E-state index in [0.29, 0.717) is 0 Å². The smallest absolute Gasteiger partial charge is 0.178 e. The molecule has 1 unspecified atom stereocenters. The third kappa shape index (κ3) is 2.53. The van der Waals surface area contributed by atoms with Crippen molar-refractivity contribution in [2.75, 3.05) is 12.8 Å². The van der Waals surface area contributed by atoms with Crippen molar-refractivity contribution in [3.05, 3.63) is 29.6 Å². The van der Waals surface area contributed by atoms with E-state index >= 15 is 0 Å². The molecule has 0 bridgehead atoms. The van der Waals surface area contributed by atoms with Crippen LogP contribution in [0.2, 0.25) is 0 Å². The monoisotopic (exact) mass is 233 g/mol. The number of aliphatic hydroxyl groups is 1. The highest BCUT2D eigenvalue weighted by atomic mass is 32.2. The average molecular weight is 233 g/mol. The summed E-state index contributed by atoms with van der Waals surface area (Å²) in [6.07, 6.45) is -0.281. The molecule has 0 heterocycles. The average Bonchev–Trinajstić information content (AvgIpc) is 2.15. The number of halogens is 1. The van der Waals surface area contributed by atoms with Crippen molar-refractivity contribution in [3.63, 3.8) is 0 Å². The molecule has 0 saturated carbocycles. The fourth-order valence-corrected chi connectivity index (χ4v) is 1.97. The Morgan fingerprint density at radius 1 is 1.53 bits per heavy atom. The van der Waals surface area contributed by atoms with Gasteiger partial charge in [0.2, 0.25) is 0 Å². The Kier molecular flexibility index (Phi) is 3.43. The summed E-state index contributed by atoms with van der Waals surface area (Å²) in [7, 11) is -3.62. The minimum absolute atomic E-state index is 0.0968. The molecule has 3 N–H and O–H groups in total. The molecular weight excluding hydrogens is 221 g/mol. The summed E-state index contributed by atoms with van der Waals surface area (Å²) in [4.78, 5) is -0.424. The van der Waals surface area contributed by atoms with Crippen LogP contribution in [0, 0.1) is 5.82 Å².